The van der Waals surface area contributed by atoms with E-state index in [0.717, 1.165) is 29.4 Å². The Labute approximate surface area is 196 Å². The van der Waals surface area contributed by atoms with E-state index in [-0.39, 0.29) is 11.3 Å². The Kier molecular flexibility index (Phi) is 6.35. The molecule has 2 aromatic heterocycles. The molecule has 0 bridgehead atoms. The minimum atomic E-state index is -0.148. The molecule has 0 radical (unpaired) electrons. The summed E-state index contributed by atoms with van der Waals surface area (Å²) in [5.74, 6) is 0.966. The molecule has 5 rings (SSSR count). The predicted octanol–water partition coefficient (Wildman–Crippen LogP) is 6.26. The summed E-state index contributed by atoms with van der Waals surface area (Å²) >= 11 is 3.45. The summed E-state index contributed by atoms with van der Waals surface area (Å²) in [6, 6.07) is 22.5. The molecule has 6 heteroatoms. The van der Waals surface area contributed by atoms with Gasteiger partial charge in [-0.2, -0.15) is 0 Å². The van der Waals surface area contributed by atoms with Crippen LogP contribution in [0.25, 0.3) is 11.0 Å². The number of thioether (sulfide) groups is 1. The van der Waals surface area contributed by atoms with Gasteiger partial charge in [0, 0.05) is 41.9 Å². The van der Waals surface area contributed by atoms with Crippen LogP contribution in [0.1, 0.15) is 34.5 Å². The summed E-state index contributed by atoms with van der Waals surface area (Å²) in [5.41, 5.74) is 2.84. The van der Waals surface area contributed by atoms with Gasteiger partial charge in [-0.3, -0.25) is 4.79 Å². The number of hydrogen-bond acceptors (Lipinski definition) is 5. The molecule has 1 N–H and O–H groups in total. The van der Waals surface area contributed by atoms with Gasteiger partial charge in [0.05, 0.1) is 4.21 Å². The van der Waals surface area contributed by atoms with Crippen molar-refractivity contribution >= 4 is 40.0 Å². The van der Waals surface area contributed by atoms with Gasteiger partial charge in [-0.1, -0.05) is 54.6 Å². The number of hydrogen-bond donors (Lipinski definition) is 1. The SMILES string of the molecule is O=C(NCC1(c2ccccc2)CCOCC1)c1oc2ccccc2c1CSc1cccs1. The molecule has 1 saturated heterocycles. The number of ether oxygens (including phenoxy) is 1. The third kappa shape index (κ3) is 4.35. The standard InChI is InChI=1S/C26H25NO3S2/c28-25(27-18-26(12-14-29-15-13-26)19-7-2-1-3-8-19)24-21(17-32-23-11-6-16-31-23)20-9-4-5-10-22(20)30-24/h1-11,16H,12-15,17-18H2,(H,27,28). The number of fused-ring (bicyclic) bond motifs is 1. The molecular formula is C26H25NO3S2. The molecule has 0 saturated carbocycles. The molecule has 0 unspecified atom stereocenters. The summed E-state index contributed by atoms with van der Waals surface area (Å²) < 4.78 is 12.9. The van der Waals surface area contributed by atoms with Crippen molar-refractivity contribution in [3.8, 4) is 0 Å². The molecule has 1 aliphatic rings. The summed E-state index contributed by atoms with van der Waals surface area (Å²) in [6.45, 7) is 1.98. The van der Waals surface area contributed by atoms with Gasteiger partial charge in [0.1, 0.15) is 5.58 Å². The lowest BCUT2D eigenvalue weighted by Crippen LogP contribution is -2.44. The first-order valence-electron chi connectivity index (χ1n) is 10.8. The van der Waals surface area contributed by atoms with Gasteiger partial charge >= 0.3 is 0 Å². The fourth-order valence-electron chi connectivity index (χ4n) is 4.37. The number of carbonyl (C=O) groups excluding carboxylic acids is 1. The largest absolute Gasteiger partial charge is 0.451 e. The smallest absolute Gasteiger partial charge is 0.287 e. The third-order valence-electron chi connectivity index (χ3n) is 6.18. The van der Waals surface area contributed by atoms with Crippen LogP contribution in [-0.4, -0.2) is 25.7 Å². The van der Waals surface area contributed by atoms with Crippen LogP contribution in [-0.2, 0) is 15.9 Å². The maximum absolute atomic E-state index is 13.4. The van der Waals surface area contributed by atoms with Crippen LogP contribution in [0.15, 0.2) is 80.7 Å². The minimum Gasteiger partial charge on any atom is -0.451 e. The lowest BCUT2D eigenvalue weighted by atomic mass is 9.74. The van der Waals surface area contributed by atoms with E-state index < -0.39 is 0 Å². The van der Waals surface area contributed by atoms with E-state index in [0.29, 0.717) is 31.3 Å². The summed E-state index contributed by atoms with van der Waals surface area (Å²) in [6.07, 6.45) is 1.77. The number of carbonyl (C=O) groups is 1. The summed E-state index contributed by atoms with van der Waals surface area (Å²) in [5, 5.41) is 6.28. The molecule has 1 fully saturated rings. The Bertz CT molecular complexity index is 1180. The average molecular weight is 464 g/mol. The zero-order chi connectivity index (χ0) is 21.8. The number of thiophene rings is 1. The quantitative estimate of drug-likeness (QED) is 0.329. The van der Waals surface area contributed by atoms with E-state index in [4.69, 9.17) is 9.15 Å². The minimum absolute atomic E-state index is 0.118. The number of rotatable bonds is 7. The van der Waals surface area contributed by atoms with Gasteiger partial charge in [-0.25, -0.2) is 0 Å². The Hall–Kier alpha value is -2.54. The number of amides is 1. The van der Waals surface area contributed by atoms with Gasteiger partial charge in [-0.05, 0) is 35.9 Å². The second kappa shape index (κ2) is 9.53. The topological polar surface area (TPSA) is 51.5 Å². The highest BCUT2D eigenvalue weighted by Gasteiger charge is 2.35. The number of para-hydroxylation sites is 1. The first-order chi connectivity index (χ1) is 15.8. The molecule has 3 heterocycles. The van der Waals surface area contributed by atoms with Gasteiger partial charge in [0.2, 0.25) is 0 Å². The lowest BCUT2D eigenvalue weighted by Gasteiger charge is -2.37. The van der Waals surface area contributed by atoms with E-state index in [2.05, 4.69) is 41.0 Å². The highest BCUT2D eigenvalue weighted by molar-refractivity contribution is 8.00. The van der Waals surface area contributed by atoms with Crippen molar-refractivity contribution in [1.29, 1.82) is 0 Å². The van der Waals surface area contributed by atoms with Crippen molar-refractivity contribution < 1.29 is 13.9 Å². The molecule has 164 valence electrons. The third-order valence-corrected chi connectivity index (χ3v) is 8.34. The van der Waals surface area contributed by atoms with Crippen molar-refractivity contribution in [2.75, 3.05) is 19.8 Å². The van der Waals surface area contributed by atoms with Crippen LogP contribution >= 0.6 is 23.1 Å². The van der Waals surface area contributed by atoms with Gasteiger partial charge in [0.25, 0.3) is 5.91 Å². The Balaban J connectivity index is 1.40. The van der Waals surface area contributed by atoms with Crippen LogP contribution in [0.5, 0.6) is 0 Å². The van der Waals surface area contributed by atoms with Crippen molar-refractivity contribution in [3.63, 3.8) is 0 Å². The number of benzene rings is 2. The van der Waals surface area contributed by atoms with E-state index in [9.17, 15) is 4.79 Å². The maximum Gasteiger partial charge on any atom is 0.287 e. The Morgan fingerprint density at radius 1 is 1.00 bits per heavy atom. The Morgan fingerprint density at radius 2 is 1.78 bits per heavy atom. The molecule has 0 aliphatic carbocycles. The first kappa shape index (κ1) is 21.3. The Morgan fingerprint density at radius 3 is 2.56 bits per heavy atom. The molecule has 2 aromatic carbocycles. The van der Waals surface area contributed by atoms with Crippen LogP contribution in [0.3, 0.4) is 0 Å². The van der Waals surface area contributed by atoms with Crippen molar-refractivity contribution in [2.24, 2.45) is 0 Å². The van der Waals surface area contributed by atoms with Crippen LogP contribution in [0.2, 0.25) is 0 Å². The van der Waals surface area contributed by atoms with E-state index in [1.54, 1.807) is 23.1 Å². The van der Waals surface area contributed by atoms with Gasteiger partial charge in [0.15, 0.2) is 5.76 Å². The molecule has 0 atom stereocenters. The maximum atomic E-state index is 13.4. The molecule has 4 aromatic rings. The second-order valence-electron chi connectivity index (χ2n) is 8.07. The van der Waals surface area contributed by atoms with Crippen LogP contribution in [0.4, 0.5) is 0 Å². The van der Waals surface area contributed by atoms with Gasteiger partial charge < -0.3 is 14.5 Å². The molecule has 1 amide bonds. The highest BCUT2D eigenvalue weighted by Crippen LogP contribution is 2.36. The zero-order valence-corrected chi connectivity index (χ0v) is 19.3. The van der Waals surface area contributed by atoms with Crippen LogP contribution in [0, 0.1) is 0 Å². The fourth-order valence-corrected chi connectivity index (χ4v) is 6.18. The molecule has 0 spiro atoms. The fraction of sp³-hybridized carbons (Fsp3) is 0.269. The van der Waals surface area contributed by atoms with Crippen molar-refractivity contribution in [3.05, 3.63) is 89.0 Å². The molecule has 32 heavy (non-hydrogen) atoms. The summed E-state index contributed by atoms with van der Waals surface area (Å²) in [4.78, 5) is 13.4. The van der Waals surface area contributed by atoms with E-state index in [1.807, 2.05) is 36.4 Å². The monoisotopic (exact) mass is 463 g/mol. The highest BCUT2D eigenvalue weighted by atomic mass is 32.2. The van der Waals surface area contributed by atoms with Crippen molar-refractivity contribution in [1.82, 2.24) is 5.32 Å². The molecular weight excluding hydrogens is 438 g/mol. The second-order valence-corrected chi connectivity index (χ2v) is 10.3. The van der Waals surface area contributed by atoms with Gasteiger partial charge in [-0.15, -0.1) is 23.1 Å². The lowest BCUT2D eigenvalue weighted by molar-refractivity contribution is 0.0484. The number of nitrogens with one attached hydrogen (secondary N) is 1. The normalized spacial score (nSPS) is 15.6. The van der Waals surface area contributed by atoms with Crippen molar-refractivity contribution in [2.45, 2.75) is 28.2 Å². The van der Waals surface area contributed by atoms with E-state index in [1.165, 1.54) is 9.77 Å². The predicted molar refractivity (Wildman–Crippen MR) is 131 cm³/mol. The van der Waals surface area contributed by atoms with E-state index >= 15 is 0 Å². The first-order valence-corrected chi connectivity index (χ1v) is 12.7. The molecule has 4 nitrogen and oxygen atoms in total. The zero-order valence-electron chi connectivity index (χ0n) is 17.7. The summed E-state index contributed by atoms with van der Waals surface area (Å²) in [7, 11) is 0. The van der Waals surface area contributed by atoms with Crippen LogP contribution < -0.4 is 5.32 Å². The average Bonchev–Trinajstić information content (AvgIpc) is 3.50. The molecule has 1 aliphatic heterocycles. The number of furan rings is 1.